The maximum absolute atomic E-state index is 13.9. The highest BCUT2D eigenvalue weighted by Gasteiger charge is 2.45. The van der Waals surface area contributed by atoms with Gasteiger partial charge in [0.25, 0.3) is 0 Å². The number of carbonyl (C=O) groups is 4. The Balaban J connectivity index is 1.17. The van der Waals surface area contributed by atoms with Gasteiger partial charge in [-0.05, 0) is 66.0 Å². The second-order valence-corrected chi connectivity index (χ2v) is 17.2. The lowest BCUT2D eigenvalue weighted by atomic mass is 9.90. The van der Waals surface area contributed by atoms with Gasteiger partial charge in [-0.25, -0.2) is 19.6 Å². The minimum atomic E-state index is -0.767. The van der Waals surface area contributed by atoms with Gasteiger partial charge in [0.15, 0.2) is 0 Å². The first kappa shape index (κ1) is 43.7. The number of fused-ring (bicyclic) bond motifs is 1. The van der Waals surface area contributed by atoms with Crippen LogP contribution in [0.1, 0.15) is 103 Å². The number of H-pyrrole nitrogens is 2. The van der Waals surface area contributed by atoms with Gasteiger partial charge in [-0.3, -0.25) is 9.59 Å². The maximum Gasteiger partial charge on any atom is 0.407 e. The fourth-order valence-corrected chi connectivity index (χ4v) is 8.00. The van der Waals surface area contributed by atoms with E-state index in [1.807, 2.05) is 82.0 Å². The van der Waals surface area contributed by atoms with Crippen LogP contribution >= 0.6 is 0 Å². The fraction of sp³-hybridized carbons (Fsp3) is 0.511. The maximum atomic E-state index is 13.9. The second kappa shape index (κ2) is 18.6. The van der Waals surface area contributed by atoms with E-state index in [0.717, 1.165) is 46.3 Å². The van der Waals surface area contributed by atoms with E-state index in [1.54, 1.807) is 11.1 Å². The lowest BCUT2D eigenvalue weighted by molar-refractivity contribution is -0.136. The predicted octanol–water partition coefficient (Wildman–Crippen LogP) is 6.48. The van der Waals surface area contributed by atoms with Gasteiger partial charge in [0.1, 0.15) is 23.7 Å². The molecule has 0 unspecified atom stereocenters. The molecule has 6 rings (SSSR count). The SMILES string of the molecule is CCCO[C@H]1C[C@@H](c2nc3ccc(C#Cc4ccc(-c5cnc([C@@H]6CC(C)(C)CN6C(=O)[C@@H](NC(=O)OC)C(C)C)[nH]5)cc4)cc3[nH]2)N(C(=O)[C@@H](NC(=O)OC)C(C)C)C1. The van der Waals surface area contributed by atoms with Crippen molar-refractivity contribution in [2.45, 2.75) is 98.0 Å². The zero-order valence-electron chi connectivity index (χ0n) is 36.0. The van der Waals surface area contributed by atoms with Gasteiger partial charge in [0.2, 0.25) is 11.8 Å². The van der Waals surface area contributed by atoms with Crippen molar-refractivity contribution in [1.29, 1.82) is 0 Å². The van der Waals surface area contributed by atoms with Crippen molar-refractivity contribution in [3.05, 3.63) is 71.4 Å². The number of likely N-dealkylation sites (tertiary alicyclic amines) is 2. The van der Waals surface area contributed by atoms with Gasteiger partial charge >= 0.3 is 12.2 Å². The van der Waals surface area contributed by atoms with Crippen LogP contribution in [0.3, 0.4) is 0 Å². The Kier molecular flexibility index (Phi) is 13.5. The summed E-state index contributed by atoms with van der Waals surface area (Å²) in [6.45, 7) is 15.4. The zero-order valence-corrected chi connectivity index (χ0v) is 36.0. The molecule has 4 N–H and O–H groups in total. The molecular weight excluding hydrogens is 765 g/mol. The Morgan fingerprint density at radius 1 is 0.850 bits per heavy atom. The molecule has 4 aromatic rings. The van der Waals surface area contributed by atoms with Crippen LogP contribution in [0.2, 0.25) is 0 Å². The van der Waals surface area contributed by atoms with Crippen molar-refractivity contribution in [3.63, 3.8) is 0 Å². The number of nitrogens with zero attached hydrogens (tertiary/aromatic N) is 4. The highest BCUT2D eigenvalue weighted by Crippen LogP contribution is 2.43. The Morgan fingerprint density at radius 2 is 1.47 bits per heavy atom. The summed E-state index contributed by atoms with van der Waals surface area (Å²) in [6, 6.07) is 11.5. The number of amides is 4. The number of rotatable bonds is 12. The number of carbonyl (C=O) groups excluding carboxylic acids is 4. The van der Waals surface area contributed by atoms with Gasteiger partial charge < -0.3 is 44.6 Å². The van der Waals surface area contributed by atoms with E-state index < -0.39 is 24.3 Å². The zero-order chi connectivity index (χ0) is 43.3. The third kappa shape index (κ3) is 9.93. The molecule has 0 aliphatic carbocycles. The molecule has 0 saturated carbocycles. The number of aromatic nitrogens is 4. The summed E-state index contributed by atoms with van der Waals surface area (Å²) in [7, 11) is 2.57. The topological polar surface area (TPSA) is 184 Å². The lowest BCUT2D eigenvalue weighted by Gasteiger charge is -2.30. The monoisotopic (exact) mass is 822 g/mol. The van der Waals surface area contributed by atoms with Gasteiger partial charge in [-0.1, -0.05) is 72.4 Å². The summed E-state index contributed by atoms with van der Waals surface area (Å²) < 4.78 is 15.7. The Hall–Kier alpha value is -5.88. The van der Waals surface area contributed by atoms with Crippen LogP contribution in [-0.4, -0.2) is 106 Å². The van der Waals surface area contributed by atoms with Crippen LogP contribution < -0.4 is 10.6 Å². The van der Waals surface area contributed by atoms with Crippen LogP contribution in [0.25, 0.3) is 22.3 Å². The Bertz CT molecular complexity index is 2230. The highest BCUT2D eigenvalue weighted by atomic mass is 16.5. The molecule has 2 aliphatic heterocycles. The molecule has 2 saturated heterocycles. The lowest BCUT2D eigenvalue weighted by Crippen LogP contribution is -2.51. The van der Waals surface area contributed by atoms with Gasteiger partial charge in [-0.2, -0.15) is 0 Å². The van der Waals surface area contributed by atoms with Crippen LogP contribution in [0.15, 0.2) is 48.7 Å². The van der Waals surface area contributed by atoms with Crippen molar-refractivity contribution in [2.24, 2.45) is 17.3 Å². The van der Waals surface area contributed by atoms with Crippen LogP contribution in [0, 0.1) is 29.1 Å². The number of hydrogen-bond acceptors (Lipinski definition) is 9. The van der Waals surface area contributed by atoms with E-state index in [2.05, 4.69) is 46.3 Å². The minimum absolute atomic E-state index is 0.135. The summed E-state index contributed by atoms with van der Waals surface area (Å²) in [5.41, 5.74) is 4.78. The summed E-state index contributed by atoms with van der Waals surface area (Å²) in [5, 5.41) is 5.42. The van der Waals surface area contributed by atoms with Crippen LogP contribution in [0.4, 0.5) is 9.59 Å². The molecule has 0 bridgehead atoms. The van der Waals surface area contributed by atoms with Crippen molar-refractivity contribution in [3.8, 4) is 23.1 Å². The quantitative estimate of drug-likeness (QED) is 0.116. The summed E-state index contributed by atoms with van der Waals surface area (Å²) in [4.78, 5) is 72.0. The number of ether oxygens (including phenoxy) is 3. The number of hydrogen-bond donors (Lipinski definition) is 4. The number of aromatic amines is 2. The third-order valence-corrected chi connectivity index (χ3v) is 11.2. The molecule has 4 heterocycles. The van der Waals surface area contributed by atoms with Crippen molar-refractivity contribution < 1.29 is 33.4 Å². The van der Waals surface area contributed by atoms with Gasteiger partial charge in [0.05, 0.1) is 55.3 Å². The standard InChI is InChI=1S/C45H58N8O7/c1-10-19-60-31-21-35(52(24-31)41(54)37(26(2)3)50-43(56)58-8)40-47-32-18-15-29(20-33(32)48-40)12-11-28-13-16-30(17-14-28)34-23-46-39(49-34)36-22-45(6,7)25-53(36)42(55)38(27(4)5)51-44(57)59-9/h13-18,20,23,26-27,31,35-38H,10,19,21-22,24-25H2,1-9H3,(H,46,49)(H,47,48)(H,50,56)(H,51,57)/t31-,35-,36-,37-,38-/m0/s1. The van der Waals surface area contributed by atoms with Crippen molar-refractivity contribution in [1.82, 2.24) is 40.4 Å². The number of alkyl carbamates (subject to hydrolysis) is 2. The number of methoxy groups -OCH3 is 2. The average Bonchev–Trinajstić information content (AvgIpc) is 4.04. The molecule has 2 aliphatic rings. The van der Waals surface area contributed by atoms with Crippen molar-refractivity contribution >= 4 is 35.0 Å². The number of benzene rings is 2. The molecular formula is C45H58N8O7. The molecule has 2 aromatic carbocycles. The Morgan fingerprint density at radius 3 is 2.08 bits per heavy atom. The second-order valence-electron chi connectivity index (χ2n) is 17.2. The molecule has 320 valence electrons. The van der Waals surface area contributed by atoms with Gasteiger partial charge in [-0.15, -0.1) is 0 Å². The molecule has 2 aromatic heterocycles. The molecule has 60 heavy (non-hydrogen) atoms. The summed E-state index contributed by atoms with van der Waals surface area (Å²) in [6.07, 6.45) is 2.48. The van der Waals surface area contributed by atoms with E-state index in [-0.39, 0.29) is 47.3 Å². The molecule has 0 spiro atoms. The van der Waals surface area contributed by atoms with E-state index in [9.17, 15) is 19.2 Å². The smallest absolute Gasteiger partial charge is 0.407 e. The molecule has 15 heteroatoms. The van der Waals surface area contributed by atoms with Gasteiger partial charge in [0, 0.05) is 37.2 Å². The molecule has 4 amide bonds. The predicted molar refractivity (Wildman–Crippen MR) is 226 cm³/mol. The normalized spacial score (nSPS) is 19.6. The molecule has 2 fully saturated rings. The van der Waals surface area contributed by atoms with Crippen molar-refractivity contribution in [2.75, 3.05) is 33.9 Å². The molecule has 5 atom stereocenters. The first-order valence-electron chi connectivity index (χ1n) is 20.7. The number of nitrogens with one attached hydrogen (secondary N) is 4. The summed E-state index contributed by atoms with van der Waals surface area (Å²) >= 11 is 0. The molecule has 0 radical (unpaired) electrons. The number of imidazole rings is 2. The van der Waals surface area contributed by atoms with E-state index in [0.29, 0.717) is 37.8 Å². The highest BCUT2D eigenvalue weighted by molar-refractivity contribution is 5.87. The first-order chi connectivity index (χ1) is 28.6. The average molecular weight is 823 g/mol. The van der Waals surface area contributed by atoms with Crippen LogP contribution in [-0.2, 0) is 23.8 Å². The van der Waals surface area contributed by atoms with E-state index in [4.69, 9.17) is 24.2 Å². The van der Waals surface area contributed by atoms with E-state index >= 15 is 0 Å². The largest absolute Gasteiger partial charge is 0.453 e. The third-order valence-electron chi connectivity index (χ3n) is 11.2. The Labute approximate surface area is 351 Å². The minimum Gasteiger partial charge on any atom is -0.453 e. The van der Waals surface area contributed by atoms with E-state index in [1.165, 1.54) is 14.2 Å². The fourth-order valence-electron chi connectivity index (χ4n) is 8.00. The van der Waals surface area contributed by atoms with Crippen LogP contribution in [0.5, 0.6) is 0 Å². The first-order valence-corrected chi connectivity index (χ1v) is 20.7. The summed E-state index contributed by atoms with van der Waals surface area (Å²) in [5.74, 6) is 7.20. The molecule has 15 nitrogen and oxygen atoms in total.